The van der Waals surface area contributed by atoms with Crippen LogP contribution in [0, 0.1) is 5.92 Å². The van der Waals surface area contributed by atoms with Crippen LogP contribution in [0.4, 0.5) is 0 Å². The molecule has 0 aromatic heterocycles. The molecule has 3 atom stereocenters. The highest BCUT2D eigenvalue weighted by molar-refractivity contribution is 5.37. The Labute approximate surface area is 115 Å². The van der Waals surface area contributed by atoms with Gasteiger partial charge in [-0.1, -0.05) is 25.1 Å². The predicted molar refractivity (Wildman–Crippen MR) is 74.5 cm³/mol. The summed E-state index contributed by atoms with van der Waals surface area (Å²) in [5.74, 6) is 1.42. The molecule has 0 radical (unpaired) electrons. The SMILES string of the molecule is COCC(CNC1c2ccccc2OCC1C)OC. The molecule has 4 heteroatoms. The Morgan fingerprint density at radius 3 is 2.89 bits per heavy atom. The van der Waals surface area contributed by atoms with Gasteiger partial charge in [0.05, 0.1) is 19.3 Å². The van der Waals surface area contributed by atoms with Gasteiger partial charge < -0.3 is 19.5 Å². The Bertz CT molecular complexity index is 397. The fraction of sp³-hybridized carbons (Fsp3) is 0.600. The fourth-order valence-corrected chi connectivity index (χ4v) is 2.46. The number of methoxy groups -OCH3 is 2. The number of para-hydroxylation sites is 1. The van der Waals surface area contributed by atoms with E-state index in [0.29, 0.717) is 18.6 Å². The largest absolute Gasteiger partial charge is 0.493 e. The van der Waals surface area contributed by atoms with Crippen molar-refractivity contribution in [2.45, 2.75) is 19.1 Å². The van der Waals surface area contributed by atoms with E-state index in [1.54, 1.807) is 14.2 Å². The van der Waals surface area contributed by atoms with Gasteiger partial charge >= 0.3 is 0 Å². The number of benzene rings is 1. The highest BCUT2D eigenvalue weighted by atomic mass is 16.5. The highest BCUT2D eigenvalue weighted by Crippen LogP contribution is 2.34. The van der Waals surface area contributed by atoms with E-state index < -0.39 is 0 Å². The van der Waals surface area contributed by atoms with Gasteiger partial charge in [-0.3, -0.25) is 0 Å². The second kappa shape index (κ2) is 6.89. The Kier molecular flexibility index (Phi) is 5.19. The third-order valence-electron chi connectivity index (χ3n) is 3.58. The van der Waals surface area contributed by atoms with Gasteiger partial charge in [0.1, 0.15) is 5.75 Å². The van der Waals surface area contributed by atoms with Crippen LogP contribution in [0.15, 0.2) is 24.3 Å². The fourth-order valence-electron chi connectivity index (χ4n) is 2.46. The summed E-state index contributed by atoms with van der Waals surface area (Å²) in [5.41, 5.74) is 1.23. The molecule has 0 spiro atoms. The second-order valence-corrected chi connectivity index (χ2v) is 5.03. The summed E-state index contributed by atoms with van der Waals surface area (Å²) < 4.78 is 16.3. The molecule has 0 saturated heterocycles. The van der Waals surface area contributed by atoms with Crippen molar-refractivity contribution in [3.8, 4) is 5.75 Å². The van der Waals surface area contributed by atoms with Gasteiger partial charge in [0, 0.05) is 38.3 Å². The van der Waals surface area contributed by atoms with Crippen LogP contribution in [0.1, 0.15) is 18.5 Å². The topological polar surface area (TPSA) is 39.7 Å². The summed E-state index contributed by atoms with van der Waals surface area (Å²) in [6.45, 7) is 4.32. The van der Waals surface area contributed by atoms with E-state index in [-0.39, 0.29) is 6.10 Å². The van der Waals surface area contributed by atoms with E-state index in [1.807, 2.05) is 12.1 Å². The van der Waals surface area contributed by atoms with Gasteiger partial charge in [-0.05, 0) is 6.07 Å². The van der Waals surface area contributed by atoms with Crippen LogP contribution < -0.4 is 10.1 Å². The van der Waals surface area contributed by atoms with E-state index >= 15 is 0 Å². The lowest BCUT2D eigenvalue weighted by atomic mass is 9.92. The van der Waals surface area contributed by atoms with Crippen molar-refractivity contribution >= 4 is 0 Å². The monoisotopic (exact) mass is 265 g/mol. The zero-order valence-corrected chi connectivity index (χ0v) is 11.9. The maximum atomic E-state index is 5.75. The maximum absolute atomic E-state index is 5.75. The van der Waals surface area contributed by atoms with Crippen LogP contribution in [0.5, 0.6) is 5.75 Å². The van der Waals surface area contributed by atoms with Gasteiger partial charge in [-0.2, -0.15) is 0 Å². The molecule has 2 rings (SSSR count). The smallest absolute Gasteiger partial charge is 0.124 e. The molecule has 1 aromatic rings. The lowest BCUT2D eigenvalue weighted by molar-refractivity contribution is 0.0248. The third kappa shape index (κ3) is 3.47. The standard InChI is InChI=1S/C15H23NO3/c1-11-9-19-14-7-5-4-6-13(14)15(11)16-8-12(18-3)10-17-2/h4-7,11-12,15-16H,8-10H2,1-3H3. The number of nitrogens with one attached hydrogen (secondary N) is 1. The Hall–Kier alpha value is -1.10. The van der Waals surface area contributed by atoms with E-state index in [0.717, 1.165) is 18.9 Å². The number of hydrogen-bond acceptors (Lipinski definition) is 4. The first-order valence-electron chi connectivity index (χ1n) is 6.73. The molecule has 0 saturated carbocycles. The van der Waals surface area contributed by atoms with Gasteiger partial charge in [0.25, 0.3) is 0 Å². The van der Waals surface area contributed by atoms with Crippen LogP contribution in [-0.4, -0.2) is 40.1 Å². The summed E-state index contributed by atoms with van der Waals surface area (Å²) in [6, 6.07) is 8.52. The molecule has 1 aliphatic rings. The summed E-state index contributed by atoms with van der Waals surface area (Å²) in [4.78, 5) is 0. The van der Waals surface area contributed by atoms with Gasteiger partial charge in [0.15, 0.2) is 0 Å². The maximum Gasteiger partial charge on any atom is 0.124 e. The minimum Gasteiger partial charge on any atom is -0.493 e. The van der Waals surface area contributed by atoms with Crippen molar-refractivity contribution < 1.29 is 14.2 Å². The quantitative estimate of drug-likeness (QED) is 0.854. The minimum atomic E-state index is 0.0761. The Morgan fingerprint density at radius 2 is 2.16 bits per heavy atom. The Morgan fingerprint density at radius 1 is 1.37 bits per heavy atom. The molecule has 0 bridgehead atoms. The van der Waals surface area contributed by atoms with E-state index in [2.05, 4.69) is 24.4 Å². The third-order valence-corrected chi connectivity index (χ3v) is 3.58. The molecule has 3 unspecified atom stereocenters. The van der Waals surface area contributed by atoms with Crippen molar-refractivity contribution in [1.29, 1.82) is 0 Å². The van der Waals surface area contributed by atoms with E-state index in [4.69, 9.17) is 14.2 Å². The summed E-state index contributed by atoms with van der Waals surface area (Å²) in [7, 11) is 3.41. The van der Waals surface area contributed by atoms with Crippen LogP contribution in [-0.2, 0) is 9.47 Å². The lowest BCUT2D eigenvalue weighted by Crippen LogP contribution is -2.39. The molecule has 4 nitrogen and oxygen atoms in total. The molecular weight excluding hydrogens is 242 g/mol. The van der Waals surface area contributed by atoms with Crippen molar-refractivity contribution in [2.75, 3.05) is 34.0 Å². The normalized spacial score (nSPS) is 23.5. The molecular formula is C15H23NO3. The van der Waals surface area contributed by atoms with Crippen LogP contribution in [0.25, 0.3) is 0 Å². The first kappa shape index (κ1) is 14.3. The predicted octanol–water partition coefficient (Wildman–Crippen LogP) is 2.01. The number of rotatable bonds is 6. The van der Waals surface area contributed by atoms with Gasteiger partial charge in [-0.15, -0.1) is 0 Å². The molecule has 0 aliphatic carbocycles. The molecule has 1 N–H and O–H groups in total. The average Bonchev–Trinajstić information content (AvgIpc) is 2.45. The number of ether oxygens (including phenoxy) is 3. The molecule has 1 heterocycles. The number of fused-ring (bicyclic) bond motifs is 1. The van der Waals surface area contributed by atoms with E-state index in [9.17, 15) is 0 Å². The van der Waals surface area contributed by atoms with Crippen molar-refractivity contribution in [3.63, 3.8) is 0 Å². The van der Waals surface area contributed by atoms with Gasteiger partial charge in [0.2, 0.25) is 0 Å². The van der Waals surface area contributed by atoms with E-state index in [1.165, 1.54) is 5.56 Å². The second-order valence-electron chi connectivity index (χ2n) is 5.03. The molecule has 19 heavy (non-hydrogen) atoms. The summed E-state index contributed by atoms with van der Waals surface area (Å²) >= 11 is 0. The van der Waals surface area contributed by atoms with Crippen molar-refractivity contribution in [1.82, 2.24) is 5.32 Å². The molecule has 1 aromatic carbocycles. The minimum absolute atomic E-state index is 0.0761. The summed E-state index contributed by atoms with van der Waals surface area (Å²) in [6.07, 6.45) is 0.0761. The molecule has 106 valence electrons. The average molecular weight is 265 g/mol. The van der Waals surface area contributed by atoms with Crippen molar-refractivity contribution in [2.24, 2.45) is 5.92 Å². The number of hydrogen-bond donors (Lipinski definition) is 1. The zero-order valence-electron chi connectivity index (χ0n) is 11.9. The first-order valence-corrected chi connectivity index (χ1v) is 6.73. The summed E-state index contributed by atoms with van der Waals surface area (Å²) in [5, 5.41) is 3.58. The molecule has 0 fully saturated rings. The van der Waals surface area contributed by atoms with Gasteiger partial charge in [-0.25, -0.2) is 0 Å². The van der Waals surface area contributed by atoms with Crippen LogP contribution in [0.3, 0.4) is 0 Å². The van der Waals surface area contributed by atoms with Crippen molar-refractivity contribution in [3.05, 3.63) is 29.8 Å². The molecule has 1 aliphatic heterocycles. The van der Waals surface area contributed by atoms with Crippen LogP contribution in [0.2, 0.25) is 0 Å². The first-order chi connectivity index (χ1) is 9.26. The highest BCUT2D eigenvalue weighted by Gasteiger charge is 2.27. The molecule has 0 amide bonds. The Balaban J connectivity index is 2.02. The van der Waals surface area contributed by atoms with Crippen LogP contribution >= 0.6 is 0 Å². The lowest BCUT2D eigenvalue weighted by Gasteiger charge is -2.33. The zero-order chi connectivity index (χ0) is 13.7.